The highest BCUT2D eigenvalue weighted by Gasteiger charge is 2.17. The monoisotopic (exact) mass is 245 g/mol. The van der Waals surface area contributed by atoms with Gasteiger partial charge in [-0.2, -0.15) is 0 Å². The molecule has 0 bridgehead atoms. The van der Waals surface area contributed by atoms with Crippen LogP contribution in [-0.4, -0.2) is 29.3 Å². The first kappa shape index (κ1) is 11.2. The Balaban J connectivity index is 1.93. The SMILES string of the molecule is Nc1ncnc2c(OC3CCOCC3)cccc12. The summed E-state index contributed by atoms with van der Waals surface area (Å²) in [5.41, 5.74) is 6.61. The fourth-order valence-corrected chi connectivity index (χ4v) is 2.15. The molecule has 5 nitrogen and oxygen atoms in total. The first-order valence-corrected chi connectivity index (χ1v) is 6.08. The molecule has 5 heteroatoms. The summed E-state index contributed by atoms with van der Waals surface area (Å²) in [7, 11) is 0. The molecular weight excluding hydrogens is 230 g/mol. The van der Waals surface area contributed by atoms with Crippen LogP contribution in [0, 0.1) is 0 Å². The number of nitrogens with zero attached hydrogens (tertiary/aromatic N) is 2. The number of fused-ring (bicyclic) bond motifs is 1. The summed E-state index contributed by atoms with van der Waals surface area (Å²) >= 11 is 0. The smallest absolute Gasteiger partial charge is 0.146 e. The lowest BCUT2D eigenvalue weighted by atomic mass is 10.1. The molecule has 3 rings (SSSR count). The minimum absolute atomic E-state index is 0.195. The minimum Gasteiger partial charge on any atom is -0.488 e. The van der Waals surface area contributed by atoms with E-state index >= 15 is 0 Å². The number of benzene rings is 1. The van der Waals surface area contributed by atoms with Gasteiger partial charge in [-0.25, -0.2) is 9.97 Å². The summed E-state index contributed by atoms with van der Waals surface area (Å²) in [6.07, 6.45) is 3.49. The zero-order valence-electron chi connectivity index (χ0n) is 10.0. The van der Waals surface area contributed by atoms with Crippen molar-refractivity contribution in [3.8, 4) is 5.75 Å². The number of nitrogen functional groups attached to an aromatic ring is 1. The van der Waals surface area contributed by atoms with Crippen molar-refractivity contribution in [3.05, 3.63) is 24.5 Å². The van der Waals surface area contributed by atoms with Gasteiger partial charge >= 0.3 is 0 Å². The van der Waals surface area contributed by atoms with Crippen LogP contribution in [0.1, 0.15) is 12.8 Å². The van der Waals surface area contributed by atoms with E-state index in [0.717, 1.165) is 42.7 Å². The Morgan fingerprint density at radius 1 is 1.22 bits per heavy atom. The summed E-state index contributed by atoms with van der Waals surface area (Å²) in [4.78, 5) is 8.25. The van der Waals surface area contributed by atoms with Crippen molar-refractivity contribution in [1.29, 1.82) is 0 Å². The summed E-state index contributed by atoms with van der Waals surface area (Å²) in [6, 6.07) is 5.74. The third-order valence-electron chi connectivity index (χ3n) is 3.12. The molecule has 0 amide bonds. The first-order chi connectivity index (χ1) is 8.84. The standard InChI is InChI=1S/C13H15N3O2/c14-13-10-2-1-3-11(12(10)15-8-16-13)18-9-4-6-17-7-5-9/h1-3,8-9H,4-7H2,(H2,14,15,16). The number of hydrogen-bond acceptors (Lipinski definition) is 5. The van der Waals surface area contributed by atoms with Gasteiger partial charge in [0.15, 0.2) is 0 Å². The minimum atomic E-state index is 0.195. The van der Waals surface area contributed by atoms with Crippen molar-refractivity contribution in [2.45, 2.75) is 18.9 Å². The van der Waals surface area contributed by atoms with Gasteiger partial charge in [0.1, 0.15) is 29.5 Å². The van der Waals surface area contributed by atoms with Gasteiger partial charge in [0.2, 0.25) is 0 Å². The van der Waals surface area contributed by atoms with E-state index in [0.29, 0.717) is 5.82 Å². The van der Waals surface area contributed by atoms with Crippen LogP contribution in [0.5, 0.6) is 5.75 Å². The lowest BCUT2D eigenvalue weighted by Gasteiger charge is -2.23. The second-order valence-corrected chi connectivity index (χ2v) is 4.34. The molecule has 18 heavy (non-hydrogen) atoms. The summed E-state index contributed by atoms with van der Waals surface area (Å²) in [5.74, 6) is 1.26. The summed E-state index contributed by atoms with van der Waals surface area (Å²) < 4.78 is 11.3. The van der Waals surface area contributed by atoms with Gasteiger partial charge in [0.25, 0.3) is 0 Å². The lowest BCUT2D eigenvalue weighted by molar-refractivity contribution is 0.0261. The molecule has 1 aromatic carbocycles. The van der Waals surface area contributed by atoms with E-state index in [2.05, 4.69) is 9.97 Å². The van der Waals surface area contributed by atoms with E-state index in [1.807, 2.05) is 18.2 Å². The van der Waals surface area contributed by atoms with E-state index in [1.54, 1.807) is 0 Å². The van der Waals surface area contributed by atoms with Crippen molar-refractivity contribution >= 4 is 16.7 Å². The van der Waals surface area contributed by atoms with E-state index in [-0.39, 0.29) is 6.10 Å². The van der Waals surface area contributed by atoms with Crippen molar-refractivity contribution in [3.63, 3.8) is 0 Å². The molecule has 94 valence electrons. The second-order valence-electron chi connectivity index (χ2n) is 4.34. The van der Waals surface area contributed by atoms with Crippen LogP contribution < -0.4 is 10.5 Å². The van der Waals surface area contributed by atoms with Crippen LogP contribution in [0.2, 0.25) is 0 Å². The average Bonchev–Trinajstić information content (AvgIpc) is 2.41. The molecule has 2 N–H and O–H groups in total. The molecule has 0 unspecified atom stereocenters. The largest absolute Gasteiger partial charge is 0.488 e. The Labute approximate surface area is 105 Å². The number of hydrogen-bond donors (Lipinski definition) is 1. The fraction of sp³-hybridized carbons (Fsp3) is 0.385. The zero-order valence-corrected chi connectivity index (χ0v) is 10.0. The van der Waals surface area contributed by atoms with Crippen molar-refractivity contribution in [2.24, 2.45) is 0 Å². The van der Waals surface area contributed by atoms with Crippen LogP contribution in [0.15, 0.2) is 24.5 Å². The second kappa shape index (κ2) is 4.78. The Hall–Kier alpha value is -1.88. The highest BCUT2D eigenvalue weighted by molar-refractivity contribution is 5.91. The summed E-state index contributed by atoms with van der Waals surface area (Å²) in [5, 5.41) is 0.835. The van der Waals surface area contributed by atoms with Gasteiger partial charge in [-0.1, -0.05) is 6.07 Å². The number of para-hydroxylation sites is 1. The maximum absolute atomic E-state index is 6.00. The van der Waals surface area contributed by atoms with Crippen LogP contribution in [0.3, 0.4) is 0 Å². The van der Waals surface area contributed by atoms with E-state index in [9.17, 15) is 0 Å². The highest BCUT2D eigenvalue weighted by Crippen LogP contribution is 2.28. The van der Waals surface area contributed by atoms with Crippen molar-refractivity contribution in [1.82, 2.24) is 9.97 Å². The predicted octanol–water partition coefficient (Wildman–Crippen LogP) is 1.77. The highest BCUT2D eigenvalue weighted by atomic mass is 16.5. The van der Waals surface area contributed by atoms with Crippen LogP contribution in [0.25, 0.3) is 10.9 Å². The van der Waals surface area contributed by atoms with Crippen molar-refractivity contribution < 1.29 is 9.47 Å². The van der Waals surface area contributed by atoms with Gasteiger partial charge in [0, 0.05) is 18.2 Å². The molecule has 1 aromatic heterocycles. The van der Waals surface area contributed by atoms with Crippen molar-refractivity contribution in [2.75, 3.05) is 18.9 Å². The predicted molar refractivity (Wildman–Crippen MR) is 68.4 cm³/mol. The van der Waals surface area contributed by atoms with E-state index in [1.165, 1.54) is 6.33 Å². The van der Waals surface area contributed by atoms with Gasteiger partial charge in [-0.15, -0.1) is 0 Å². The quantitative estimate of drug-likeness (QED) is 0.873. The number of anilines is 1. The molecule has 1 saturated heterocycles. The molecule has 0 aliphatic carbocycles. The third kappa shape index (κ3) is 2.09. The van der Waals surface area contributed by atoms with Gasteiger partial charge in [-0.3, -0.25) is 0 Å². The average molecular weight is 245 g/mol. The molecule has 0 saturated carbocycles. The van der Waals surface area contributed by atoms with Gasteiger partial charge < -0.3 is 15.2 Å². The molecule has 2 heterocycles. The fourth-order valence-electron chi connectivity index (χ4n) is 2.15. The molecular formula is C13H15N3O2. The van der Waals surface area contributed by atoms with Gasteiger partial charge in [0.05, 0.1) is 13.2 Å². The molecule has 1 fully saturated rings. The van der Waals surface area contributed by atoms with Crippen LogP contribution in [-0.2, 0) is 4.74 Å². The zero-order chi connectivity index (χ0) is 12.4. The molecule has 0 atom stereocenters. The Morgan fingerprint density at radius 3 is 2.89 bits per heavy atom. The van der Waals surface area contributed by atoms with E-state index < -0.39 is 0 Å². The Morgan fingerprint density at radius 2 is 2.06 bits per heavy atom. The number of ether oxygens (including phenoxy) is 2. The topological polar surface area (TPSA) is 70.3 Å². The Bertz CT molecular complexity index is 553. The normalized spacial score (nSPS) is 16.9. The van der Waals surface area contributed by atoms with Crippen LogP contribution in [0.4, 0.5) is 5.82 Å². The first-order valence-electron chi connectivity index (χ1n) is 6.08. The molecule has 1 aliphatic heterocycles. The third-order valence-corrected chi connectivity index (χ3v) is 3.12. The van der Waals surface area contributed by atoms with Gasteiger partial charge in [-0.05, 0) is 12.1 Å². The molecule has 0 radical (unpaired) electrons. The Kier molecular flexibility index (Phi) is 2.98. The number of aromatic nitrogens is 2. The molecule has 2 aromatic rings. The number of nitrogens with two attached hydrogens (primary N) is 1. The maximum atomic E-state index is 6.00. The van der Waals surface area contributed by atoms with E-state index in [4.69, 9.17) is 15.2 Å². The number of rotatable bonds is 2. The maximum Gasteiger partial charge on any atom is 0.146 e. The summed E-state index contributed by atoms with van der Waals surface area (Å²) in [6.45, 7) is 1.51. The molecule has 1 aliphatic rings. The molecule has 0 spiro atoms. The van der Waals surface area contributed by atoms with Crippen LogP contribution >= 0.6 is 0 Å². The lowest BCUT2D eigenvalue weighted by Crippen LogP contribution is -2.26.